The summed E-state index contributed by atoms with van der Waals surface area (Å²) in [6.45, 7) is 8.06. The van der Waals surface area contributed by atoms with E-state index in [1.165, 1.54) is 0 Å². The summed E-state index contributed by atoms with van der Waals surface area (Å²) in [5.41, 5.74) is -0.0575. The number of ether oxygens (including phenoxy) is 2. The van der Waals surface area contributed by atoms with Crippen LogP contribution in [-0.2, 0) is 19.1 Å². The van der Waals surface area contributed by atoms with Crippen molar-refractivity contribution in [2.24, 2.45) is 0 Å². The average molecular weight is 244 g/mol. The van der Waals surface area contributed by atoms with Crippen molar-refractivity contribution in [3.63, 3.8) is 0 Å². The Bertz CT molecular complexity index is 272. The standard InChI is InChI=1S/C12H20O5/c1-4-5-6-16-8-10(3)17-12(15)9(2)7-11(13)14/h10H,2,4-8H2,1,3H3,(H,13,14). The average Bonchev–Trinajstić information content (AvgIpc) is 2.23. The number of rotatable bonds is 9. The topological polar surface area (TPSA) is 72.8 Å². The maximum atomic E-state index is 11.3. The minimum atomic E-state index is -1.10. The molecule has 0 aliphatic heterocycles. The van der Waals surface area contributed by atoms with E-state index in [1.807, 2.05) is 0 Å². The molecule has 17 heavy (non-hydrogen) atoms. The van der Waals surface area contributed by atoms with Crippen molar-refractivity contribution in [3.8, 4) is 0 Å². The van der Waals surface area contributed by atoms with Gasteiger partial charge < -0.3 is 14.6 Å². The second kappa shape index (κ2) is 8.75. The monoisotopic (exact) mass is 244 g/mol. The second-order valence-corrected chi connectivity index (χ2v) is 3.82. The van der Waals surface area contributed by atoms with E-state index < -0.39 is 24.5 Å². The van der Waals surface area contributed by atoms with Gasteiger partial charge in [0, 0.05) is 12.2 Å². The summed E-state index contributed by atoms with van der Waals surface area (Å²) in [6.07, 6.45) is 1.21. The maximum Gasteiger partial charge on any atom is 0.334 e. The van der Waals surface area contributed by atoms with Gasteiger partial charge in [-0.05, 0) is 13.3 Å². The van der Waals surface area contributed by atoms with Gasteiger partial charge in [0.05, 0.1) is 13.0 Å². The minimum absolute atomic E-state index is 0.0575. The molecule has 1 N–H and O–H groups in total. The Morgan fingerprint density at radius 2 is 2.06 bits per heavy atom. The third kappa shape index (κ3) is 8.45. The van der Waals surface area contributed by atoms with E-state index >= 15 is 0 Å². The van der Waals surface area contributed by atoms with Gasteiger partial charge >= 0.3 is 11.9 Å². The molecule has 0 aromatic rings. The highest BCUT2D eigenvalue weighted by molar-refractivity contribution is 5.92. The van der Waals surface area contributed by atoms with Gasteiger partial charge in [0.1, 0.15) is 6.10 Å². The summed E-state index contributed by atoms with van der Waals surface area (Å²) in [4.78, 5) is 21.7. The van der Waals surface area contributed by atoms with E-state index in [0.717, 1.165) is 12.8 Å². The number of aliphatic carboxylic acids is 1. The van der Waals surface area contributed by atoms with E-state index in [9.17, 15) is 9.59 Å². The molecule has 0 heterocycles. The Balaban J connectivity index is 3.79. The summed E-state index contributed by atoms with van der Waals surface area (Å²) in [6, 6.07) is 0. The quantitative estimate of drug-likeness (QED) is 0.380. The summed E-state index contributed by atoms with van der Waals surface area (Å²) < 4.78 is 10.2. The van der Waals surface area contributed by atoms with E-state index in [-0.39, 0.29) is 5.57 Å². The lowest BCUT2D eigenvalue weighted by Gasteiger charge is -2.13. The number of carbonyl (C=O) groups is 2. The van der Waals surface area contributed by atoms with Gasteiger partial charge in [-0.2, -0.15) is 0 Å². The zero-order valence-electron chi connectivity index (χ0n) is 10.4. The lowest BCUT2D eigenvalue weighted by Crippen LogP contribution is -2.22. The zero-order valence-corrected chi connectivity index (χ0v) is 10.4. The van der Waals surface area contributed by atoms with E-state index in [0.29, 0.717) is 13.2 Å². The summed E-state index contributed by atoms with van der Waals surface area (Å²) >= 11 is 0. The molecule has 0 saturated heterocycles. The van der Waals surface area contributed by atoms with Crippen LogP contribution in [0.1, 0.15) is 33.1 Å². The van der Waals surface area contributed by atoms with Crippen molar-refractivity contribution in [2.45, 2.75) is 39.2 Å². The van der Waals surface area contributed by atoms with Crippen molar-refractivity contribution in [1.29, 1.82) is 0 Å². The first-order valence-corrected chi connectivity index (χ1v) is 5.65. The Morgan fingerprint density at radius 1 is 1.41 bits per heavy atom. The van der Waals surface area contributed by atoms with Crippen LogP contribution in [0.5, 0.6) is 0 Å². The number of carboxylic acid groups (broad SMARTS) is 1. The molecule has 0 aromatic heterocycles. The highest BCUT2D eigenvalue weighted by atomic mass is 16.6. The molecule has 0 radical (unpaired) electrons. The van der Waals surface area contributed by atoms with Gasteiger partial charge in [-0.15, -0.1) is 0 Å². The smallest absolute Gasteiger partial charge is 0.334 e. The number of hydrogen-bond donors (Lipinski definition) is 1. The van der Waals surface area contributed by atoms with Crippen LogP contribution in [0.15, 0.2) is 12.2 Å². The number of esters is 1. The van der Waals surface area contributed by atoms with Crippen LogP contribution in [-0.4, -0.2) is 36.4 Å². The predicted octanol–water partition coefficient (Wildman–Crippen LogP) is 1.77. The fraction of sp³-hybridized carbons (Fsp3) is 0.667. The summed E-state index contributed by atoms with van der Waals surface area (Å²) in [5, 5.41) is 8.47. The Hall–Kier alpha value is -1.36. The molecule has 0 fully saturated rings. The van der Waals surface area contributed by atoms with Gasteiger partial charge in [0.25, 0.3) is 0 Å². The highest BCUT2D eigenvalue weighted by Gasteiger charge is 2.15. The molecule has 0 aliphatic carbocycles. The molecule has 0 saturated carbocycles. The van der Waals surface area contributed by atoms with Crippen molar-refractivity contribution >= 4 is 11.9 Å². The van der Waals surface area contributed by atoms with Gasteiger partial charge in [-0.1, -0.05) is 19.9 Å². The molecular formula is C12H20O5. The van der Waals surface area contributed by atoms with Gasteiger partial charge in [0.2, 0.25) is 0 Å². The summed E-state index contributed by atoms with van der Waals surface area (Å²) in [5.74, 6) is -1.78. The van der Waals surface area contributed by atoms with Crippen LogP contribution in [0.3, 0.4) is 0 Å². The van der Waals surface area contributed by atoms with Crippen molar-refractivity contribution < 1.29 is 24.2 Å². The van der Waals surface area contributed by atoms with Crippen LogP contribution >= 0.6 is 0 Å². The van der Waals surface area contributed by atoms with E-state index in [1.54, 1.807) is 6.92 Å². The summed E-state index contributed by atoms with van der Waals surface area (Å²) in [7, 11) is 0. The van der Waals surface area contributed by atoms with Crippen LogP contribution < -0.4 is 0 Å². The Morgan fingerprint density at radius 3 is 2.59 bits per heavy atom. The minimum Gasteiger partial charge on any atom is -0.481 e. The lowest BCUT2D eigenvalue weighted by molar-refractivity contribution is -0.148. The van der Waals surface area contributed by atoms with Crippen LogP contribution in [0.2, 0.25) is 0 Å². The first kappa shape index (κ1) is 15.6. The van der Waals surface area contributed by atoms with Crippen molar-refractivity contribution in [3.05, 3.63) is 12.2 Å². The maximum absolute atomic E-state index is 11.3. The molecule has 0 amide bonds. The number of unbranched alkanes of at least 4 members (excludes halogenated alkanes) is 1. The molecule has 0 spiro atoms. The van der Waals surface area contributed by atoms with Gasteiger partial charge in [-0.3, -0.25) is 4.79 Å². The first-order valence-electron chi connectivity index (χ1n) is 5.65. The van der Waals surface area contributed by atoms with Gasteiger partial charge in [-0.25, -0.2) is 4.79 Å². The lowest BCUT2D eigenvalue weighted by atomic mass is 10.2. The van der Waals surface area contributed by atoms with Gasteiger partial charge in [0.15, 0.2) is 0 Å². The largest absolute Gasteiger partial charge is 0.481 e. The van der Waals surface area contributed by atoms with Crippen molar-refractivity contribution in [2.75, 3.05) is 13.2 Å². The molecule has 98 valence electrons. The van der Waals surface area contributed by atoms with Crippen LogP contribution in [0.4, 0.5) is 0 Å². The highest BCUT2D eigenvalue weighted by Crippen LogP contribution is 2.04. The molecule has 0 aliphatic rings. The fourth-order valence-corrected chi connectivity index (χ4v) is 1.05. The molecular weight excluding hydrogens is 224 g/mol. The number of carbonyl (C=O) groups excluding carboxylic acids is 1. The molecule has 0 aromatic carbocycles. The molecule has 5 nitrogen and oxygen atoms in total. The first-order chi connectivity index (χ1) is 7.97. The molecule has 0 rings (SSSR count). The second-order valence-electron chi connectivity index (χ2n) is 3.82. The van der Waals surface area contributed by atoms with E-state index in [2.05, 4.69) is 13.5 Å². The molecule has 5 heteroatoms. The third-order valence-electron chi connectivity index (χ3n) is 1.96. The Kier molecular flexibility index (Phi) is 8.05. The fourth-order valence-electron chi connectivity index (χ4n) is 1.05. The molecule has 1 atom stereocenters. The number of hydrogen-bond acceptors (Lipinski definition) is 4. The molecule has 0 bridgehead atoms. The number of carboxylic acids is 1. The third-order valence-corrected chi connectivity index (χ3v) is 1.96. The van der Waals surface area contributed by atoms with Crippen LogP contribution in [0.25, 0.3) is 0 Å². The molecule has 1 unspecified atom stereocenters. The van der Waals surface area contributed by atoms with Crippen LogP contribution in [0, 0.1) is 0 Å². The normalized spacial score (nSPS) is 11.9. The van der Waals surface area contributed by atoms with Crippen molar-refractivity contribution in [1.82, 2.24) is 0 Å². The zero-order chi connectivity index (χ0) is 13.3. The SMILES string of the molecule is C=C(CC(=O)O)C(=O)OC(C)COCCCC. The Labute approximate surface area is 101 Å². The predicted molar refractivity (Wildman–Crippen MR) is 62.7 cm³/mol. The van der Waals surface area contributed by atoms with E-state index in [4.69, 9.17) is 14.6 Å².